The zero-order valence-electron chi connectivity index (χ0n) is 15.1. The molecule has 0 amide bonds. The molecule has 6 nitrogen and oxygen atoms in total. The first kappa shape index (κ1) is 17.8. The maximum absolute atomic E-state index is 14.1. The normalized spacial score (nSPS) is 15.3. The average Bonchev–Trinajstić information content (AvgIpc) is 2.98. The van der Waals surface area contributed by atoms with Crippen LogP contribution in [-0.2, 0) is 13.7 Å². The van der Waals surface area contributed by atoms with E-state index in [1.807, 2.05) is 31.4 Å². The first-order valence-electron chi connectivity index (χ1n) is 8.90. The molecule has 2 aromatic heterocycles. The lowest BCUT2D eigenvalue weighted by atomic mass is 10.2. The minimum Gasteiger partial charge on any atom is -0.354 e. The molecule has 1 fully saturated rings. The second-order valence-corrected chi connectivity index (χ2v) is 6.94. The number of anilines is 1. The van der Waals surface area contributed by atoms with Gasteiger partial charge in [0.15, 0.2) is 10.6 Å². The SMILES string of the molecule is Cn1c(-c2ccccc2F)nn(CN2CCN(c3ccccn3)CC2)c1=S. The minimum atomic E-state index is -0.295. The summed E-state index contributed by atoms with van der Waals surface area (Å²) < 4.78 is 18.3. The van der Waals surface area contributed by atoms with E-state index in [9.17, 15) is 4.39 Å². The molecule has 1 aromatic carbocycles. The van der Waals surface area contributed by atoms with Crippen LogP contribution in [-0.4, -0.2) is 50.4 Å². The van der Waals surface area contributed by atoms with E-state index in [0.29, 0.717) is 22.8 Å². The summed E-state index contributed by atoms with van der Waals surface area (Å²) in [5.74, 6) is 1.26. The fraction of sp³-hybridized carbons (Fsp3) is 0.316. The van der Waals surface area contributed by atoms with Crippen molar-refractivity contribution in [1.82, 2.24) is 24.2 Å². The largest absolute Gasteiger partial charge is 0.354 e. The van der Waals surface area contributed by atoms with Crippen LogP contribution in [0.4, 0.5) is 10.2 Å². The summed E-state index contributed by atoms with van der Waals surface area (Å²) in [6, 6.07) is 12.6. The second-order valence-electron chi connectivity index (χ2n) is 6.58. The fourth-order valence-corrected chi connectivity index (χ4v) is 3.49. The van der Waals surface area contributed by atoms with Crippen molar-refractivity contribution < 1.29 is 4.39 Å². The molecule has 1 aliphatic heterocycles. The molecule has 3 aromatic rings. The van der Waals surface area contributed by atoms with Crippen LogP contribution in [0.1, 0.15) is 0 Å². The number of benzene rings is 1. The molecule has 0 spiro atoms. The highest BCUT2D eigenvalue weighted by Gasteiger charge is 2.20. The van der Waals surface area contributed by atoms with Crippen LogP contribution in [0.15, 0.2) is 48.7 Å². The van der Waals surface area contributed by atoms with Crippen molar-refractivity contribution in [3.05, 3.63) is 59.2 Å². The smallest absolute Gasteiger partial charge is 0.199 e. The van der Waals surface area contributed by atoms with Crippen molar-refractivity contribution >= 4 is 18.0 Å². The summed E-state index contributed by atoms with van der Waals surface area (Å²) in [7, 11) is 1.83. The molecular weight excluding hydrogens is 363 g/mol. The van der Waals surface area contributed by atoms with E-state index in [-0.39, 0.29) is 5.82 Å². The Morgan fingerprint density at radius 3 is 2.48 bits per heavy atom. The van der Waals surface area contributed by atoms with Gasteiger partial charge < -0.3 is 9.47 Å². The summed E-state index contributed by atoms with van der Waals surface area (Å²) in [4.78, 5) is 8.99. The van der Waals surface area contributed by atoms with Crippen molar-refractivity contribution in [2.75, 3.05) is 31.1 Å². The monoisotopic (exact) mass is 384 g/mol. The quantitative estimate of drug-likeness (QED) is 0.647. The summed E-state index contributed by atoms with van der Waals surface area (Å²) in [6.45, 7) is 4.18. The molecule has 0 unspecified atom stereocenters. The molecule has 1 aliphatic rings. The maximum atomic E-state index is 14.1. The zero-order chi connectivity index (χ0) is 18.8. The first-order chi connectivity index (χ1) is 13.1. The second kappa shape index (κ2) is 7.58. The van der Waals surface area contributed by atoms with E-state index in [1.54, 1.807) is 27.4 Å². The highest BCUT2D eigenvalue weighted by atomic mass is 32.1. The van der Waals surface area contributed by atoms with Crippen molar-refractivity contribution in [2.45, 2.75) is 6.67 Å². The Hall–Kier alpha value is -2.58. The molecule has 8 heteroatoms. The number of nitrogens with zero attached hydrogens (tertiary/aromatic N) is 6. The third-order valence-electron chi connectivity index (χ3n) is 4.84. The lowest BCUT2D eigenvalue weighted by Gasteiger charge is -2.35. The van der Waals surface area contributed by atoms with E-state index in [1.165, 1.54) is 6.07 Å². The molecule has 0 aliphatic carbocycles. The van der Waals surface area contributed by atoms with Crippen LogP contribution in [0.25, 0.3) is 11.4 Å². The molecule has 0 saturated carbocycles. The third-order valence-corrected chi connectivity index (χ3v) is 5.32. The minimum absolute atomic E-state index is 0.295. The van der Waals surface area contributed by atoms with E-state index in [0.717, 1.165) is 32.0 Å². The number of aromatic nitrogens is 4. The molecular formula is C19H21FN6S. The Labute approximate surface area is 162 Å². The fourth-order valence-electron chi connectivity index (χ4n) is 3.31. The van der Waals surface area contributed by atoms with Crippen LogP contribution in [0.5, 0.6) is 0 Å². The molecule has 3 heterocycles. The average molecular weight is 384 g/mol. The molecule has 0 bridgehead atoms. The van der Waals surface area contributed by atoms with Crippen molar-refractivity contribution in [3.8, 4) is 11.4 Å². The van der Waals surface area contributed by atoms with Gasteiger partial charge in [-0.25, -0.2) is 14.1 Å². The summed E-state index contributed by atoms with van der Waals surface area (Å²) in [5.41, 5.74) is 0.463. The van der Waals surface area contributed by atoms with Gasteiger partial charge in [0.05, 0.1) is 12.2 Å². The number of rotatable bonds is 4. The van der Waals surface area contributed by atoms with Crippen LogP contribution in [0.3, 0.4) is 0 Å². The molecule has 4 rings (SSSR count). The van der Waals surface area contributed by atoms with E-state index in [2.05, 4.69) is 19.9 Å². The number of piperazine rings is 1. The van der Waals surface area contributed by atoms with Gasteiger partial charge >= 0.3 is 0 Å². The predicted molar refractivity (Wildman–Crippen MR) is 105 cm³/mol. The van der Waals surface area contributed by atoms with Crippen molar-refractivity contribution in [2.24, 2.45) is 7.05 Å². The maximum Gasteiger partial charge on any atom is 0.199 e. The van der Waals surface area contributed by atoms with Gasteiger partial charge in [0.1, 0.15) is 11.6 Å². The number of hydrogen-bond acceptors (Lipinski definition) is 5. The number of pyridine rings is 1. The standard InChI is InChI=1S/C19H21FN6S/c1-23-18(15-6-2-3-7-16(15)20)22-26(19(23)27)14-24-10-12-25(13-11-24)17-8-4-5-9-21-17/h2-9H,10-14H2,1H3. The molecule has 27 heavy (non-hydrogen) atoms. The van der Waals surface area contributed by atoms with Gasteiger partial charge in [-0.2, -0.15) is 5.10 Å². The van der Waals surface area contributed by atoms with Gasteiger partial charge in [0.2, 0.25) is 0 Å². The molecule has 0 atom stereocenters. The summed E-state index contributed by atoms with van der Waals surface area (Å²) in [6.07, 6.45) is 1.82. The zero-order valence-corrected chi connectivity index (χ0v) is 15.9. The summed E-state index contributed by atoms with van der Waals surface area (Å²) >= 11 is 5.52. The molecule has 0 radical (unpaired) electrons. The van der Waals surface area contributed by atoms with Gasteiger partial charge in [0, 0.05) is 39.4 Å². The lowest BCUT2D eigenvalue weighted by Crippen LogP contribution is -2.47. The van der Waals surface area contributed by atoms with Gasteiger partial charge in [-0.05, 0) is 36.5 Å². The van der Waals surface area contributed by atoms with Gasteiger partial charge in [-0.3, -0.25) is 4.90 Å². The van der Waals surface area contributed by atoms with E-state index in [4.69, 9.17) is 12.2 Å². The Morgan fingerprint density at radius 1 is 1.04 bits per heavy atom. The highest BCUT2D eigenvalue weighted by Crippen LogP contribution is 2.21. The lowest BCUT2D eigenvalue weighted by molar-refractivity contribution is 0.194. The topological polar surface area (TPSA) is 42.1 Å². The molecule has 0 N–H and O–H groups in total. The van der Waals surface area contributed by atoms with E-state index >= 15 is 0 Å². The van der Waals surface area contributed by atoms with Gasteiger partial charge in [0.25, 0.3) is 0 Å². The Morgan fingerprint density at radius 2 is 1.78 bits per heavy atom. The Balaban J connectivity index is 1.47. The predicted octanol–water partition coefficient (Wildman–Crippen LogP) is 2.93. The van der Waals surface area contributed by atoms with Crippen molar-refractivity contribution in [3.63, 3.8) is 0 Å². The highest BCUT2D eigenvalue weighted by molar-refractivity contribution is 7.71. The Bertz CT molecular complexity index is 975. The summed E-state index contributed by atoms with van der Waals surface area (Å²) in [5, 5.41) is 4.58. The van der Waals surface area contributed by atoms with Crippen LogP contribution in [0, 0.1) is 10.6 Å². The molecule has 1 saturated heterocycles. The first-order valence-corrected chi connectivity index (χ1v) is 9.31. The van der Waals surface area contributed by atoms with Gasteiger partial charge in [-0.1, -0.05) is 18.2 Å². The van der Waals surface area contributed by atoms with Crippen molar-refractivity contribution in [1.29, 1.82) is 0 Å². The van der Waals surface area contributed by atoms with E-state index < -0.39 is 0 Å². The number of halogens is 1. The van der Waals surface area contributed by atoms with Crippen LogP contribution < -0.4 is 4.90 Å². The van der Waals surface area contributed by atoms with Gasteiger partial charge in [-0.15, -0.1) is 0 Å². The Kier molecular flexibility index (Phi) is 5.00. The molecule has 140 valence electrons. The number of hydrogen-bond donors (Lipinski definition) is 0. The third kappa shape index (κ3) is 3.63. The van der Waals surface area contributed by atoms with Crippen LogP contribution in [0.2, 0.25) is 0 Å². The van der Waals surface area contributed by atoms with Crippen LogP contribution >= 0.6 is 12.2 Å².